The monoisotopic (exact) mass is 368 g/mol. The summed E-state index contributed by atoms with van der Waals surface area (Å²) < 4.78 is 16.5. The van der Waals surface area contributed by atoms with Gasteiger partial charge in [-0.2, -0.15) is 0 Å². The molecule has 0 aliphatic heterocycles. The lowest BCUT2D eigenvalue weighted by Crippen LogP contribution is -2.23. The lowest BCUT2D eigenvalue weighted by atomic mass is 9.87. The van der Waals surface area contributed by atoms with Gasteiger partial charge in [0.2, 0.25) is 0 Å². The lowest BCUT2D eigenvalue weighted by Gasteiger charge is -2.21. The highest BCUT2D eigenvalue weighted by molar-refractivity contribution is 6.06. The molecule has 0 fully saturated rings. The number of carbonyl (C=O) groups excluding carboxylic acids is 1. The fourth-order valence-corrected chi connectivity index (χ4v) is 3.66. The van der Waals surface area contributed by atoms with Gasteiger partial charge in [-0.1, -0.05) is 0 Å². The van der Waals surface area contributed by atoms with Crippen molar-refractivity contribution in [1.29, 1.82) is 0 Å². The highest BCUT2D eigenvalue weighted by Crippen LogP contribution is 2.41. The third kappa shape index (κ3) is 2.50. The quantitative estimate of drug-likeness (QED) is 0.768. The topological polar surface area (TPSA) is 84.8 Å². The molecule has 7 heteroatoms. The molecule has 0 bridgehead atoms. The highest BCUT2D eigenvalue weighted by Gasteiger charge is 2.27. The standard InChI is InChI=1S/C20H20N2O5/c1-22(2)20(24)13-9-27-18-11-6-5-10-7-14(25-3)15(26-4)8-12(10)17(11)21-19(23)16(13)18/h7-9H,5-6H2,1-4H3,(H,21,23). The van der Waals surface area contributed by atoms with Gasteiger partial charge in [-0.05, 0) is 30.5 Å². The lowest BCUT2D eigenvalue weighted by molar-refractivity contribution is 0.0828. The molecule has 3 aromatic rings. The Labute approximate surface area is 155 Å². The first-order valence-electron chi connectivity index (χ1n) is 8.59. The first-order chi connectivity index (χ1) is 13.0. The maximum absolute atomic E-state index is 12.8. The van der Waals surface area contributed by atoms with E-state index in [1.807, 2.05) is 12.1 Å². The van der Waals surface area contributed by atoms with Gasteiger partial charge in [-0.3, -0.25) is 9.59 Å². The first-order valence-corrected chi connectivity index (χ1v) is 8.59. The number of pyridine rings is 1. The van der Waals surface area contributed by atoms with Gasteiger partial charge >= 0.3 is 0 Å². The molecule has 0 atom stereocenters. The van der Waals surface area contributed by atoms with E-state index in [0.29, 0.717) is 34.6 Å². The number of amides is 1. The van der Waals surface area contributed by atoms with Crippen LogP contribution in [0.1, 0.15) is 21.5 Å². The number of hydrogen-bond acceptors (Lipinski definition) is 5. The second-order valence-electron chi connectivity index (χ2n) is 6.73. The Morgan fingerprint density at radius 2 is 1.85 bits per heavy atom. The number of nitrogens with one attached hydrogen (secondary N) is 1. The van der Waals surface area contributed by atoms with Crippen molar-refractivity contribution in [1.82, 2.24) is 9.88 Å². The molecule has 4 rings (SSSR count). The molecule has 2 aromatic heterocycles. The van der Waals surface area contributed by atoms with E-state index >= 15 is 0 Å². The van der Waals surface area contributed by atoms with Crippen LogP contribution >= 0.6 is 0 Å². The smallest absolute Gasteiger partial charge is 0.260 e. The number of aromatic amines is 1. The van der Waals surface area contributed by atoms with Crippen LogP contribution in [-0.2, 0) is 12.8 Å². The summed E-state index contributed by atoms with van der Waals surface area (Å²) in [7, 11) is 6.46. The second-order valence-corrected chi connectivity index (χ2v) is 6.73. The average Bonchev–Trinajstić information content (AvgIpc) is 3.12. The van der Waals surface area contributed by atoms with Crippen molar-refractivity contribution in [2.24, 2.45) is 0 Å². The number of nitrogens with zero attached hydrogens (tertiary/aromatic N) is 1. The summed E-state index contributed by atoms with van der Waals surface area (Å²) in [4.78, 5) is 29.6. The number of H-pyrrole nitrogens is 1. The molecule has 0 saturated heterocycles. The Morgan fingerprint density at radius 1 is 1.15 bits per heavy atom. The van der Waals surface area contributed by atoms with Gasteiger partial charge in [0.15, 0.2) is 11.5 Å². The predicted molar refractivity (Wildman–Crippen MR) is 101 cm³/mol. The van der Waals surface area contributed by atoms with Crippen LogP contribution in [0, 0.1) is 0 Å². The molecule has 0 spiro atoms. The van der Waals surface area contributed by atoms with Crippen LogP contribution < -0.4 is 15.0 Å². The van der Waals surface area contributed by atoms with Crippen molar-refractivity contribution in [3.8, 4) is 22.8 Å². The van der Waals surface area contributed by atoms with Crippen molar-refractivity contribution >= 4 is 16.9 Å². The minimum atomic E-state index is -0.342. The Morgan fingerprint density at radius 3 is 2.52 bits per heavy atom. The molecule has 7 nitrogen and oxygen atoms in total. The van der Waals surface area contributed by atoms with E-state index in [-0.39, 0.29) is 17.0 Å². The normalized spacial score (nSPS) is 12.4. The molecule has 0 radical (unpaired) electrons. The third-order valence-corrected chi connectivity index (χ3v) is 4.99. The second kappa shape index (κ2) is 6.19. The summed E-state index contributed by atoms with van der Waals surface area (Å²) in [6, 6.07) is 3.80. The van der Waals surface area contributed by atoms with Gasteiger partial charge < -0.3 is 23.8 Å². The first kappa shape index (κ1) is 17.2. The molecule has 27 heavy (non-hydrogen) atoms. The molecular formula is C20H20N2O5. The third-order valence-electron chi connectivity index (χ3n) is 4.99. The number of ether oxygens (including phenoxy) is 2. The Hall–Kier alpha value is -3.22. The number of aromatic nitrogens is 1. The number of methoxy groups -OCH3 is 2. The summed E-state index contributed by atoms with van der Waals surface area (Å²) in [5.41, 5.74) is 3.94. The largest absolute Gasteiger partial charge is 0.493 e. The Balaban J connectivity index is 1.98. The van der Waals surface area contributed by atoms with E-state index in [0.717, 1.165) is 23.1 Å². The van der Waals surface area contributed by atoms with Gasteiger partial charge in [0.05, 0.1) is 30.9 Å². The summed E-state index contributed by atoms with van der Waals surface area (Å²) in [5, 5.41) is 0.302. The predicted octanol–water partition coefficient (Wildman–Crippen LogP) is 2.61. The Kier molecular flexibility index (Phi) is 3.95. The number of hydrogen-bond donors (Lipinski definition) is 1. The number of furan rings is 1. The van der Waals surface area contributed by atoms with Crippen LogP contribution in [0.5, 0.6) is 11.5 Å². The number of fused-ring (bicyclic) bond motifs is 5. The maximum atomic E-state index is 12.8. The molecule has 1 amide bonds. The van der Waals surface area contributed by atoms with Crippen molar-refractivity contribution in [2.75, 3.05) is 28.3 Å². The summed E-state index contributed by atoms with van der Waals surface area (Å²) in [6.45, 7) is 0. The number of carbonyl (C=O) groups is 1. The zero-order chi connectivity index (χ0) is 19.3. The van der Waals surface area contributed by atoms with E-state index in [2.05, 4.69) is 4.98 Å². The number of benzene rings is 1. The number of rotatable bonds is 3. The Bertz CT molecular complexity index is 1120. The minimum absolute atomic E-state index is 0.262. The van der Waals surface area contributed by atoms with Gasteiger partial charge in [0.1, 0.15) is 11.8 Å². The zero-order valence-corrected chi connectivity index (χ0v) is 15.6. The van der Waals surface area contributed by atoms with Crippen molar-refractivity contribution in [3.63, 3.8) is 0 Å². The highest BCUT2D eigenvalue weighted by atomic mass is 16.5. The number of aryl methyl sites for hydroxylation is 2. The van der Waals surface area contributed by atoms with E-state index in [1.165, 1.54) is 11.2 Å². The molecule has 0 unspecified atom stereocenters. The fourth-order valence-electron chi connectivity index (χ4n) is 3.66. The van der Waals surface area contributed by atoms with Crippen molar-refractivity contribution < 1.29 is 18.7 Å². The van der Waals surface area contributed by atoms with Crippen molar-refractivity contribution in [3.05, 3.63) is 45.4 Å². The molecule has 1 aliphatic carbocycles. The van der Waals surface area contributed by atoms with E-state index in [1.54, 1.807) is 28.3 Å². The van der Waals surface area contributed by atoms with Crippen LogP contribution in [0.15, 0.2) is 27.6 Å². The van der Waals surface area contributed by atoms with Crippen LogP contribution in [0.4, 0.5) is 0 Å². The molecule has 1 aromatic carbocycles. The van der Waals surface area contributed by atoms with E-state index in [4.69, 9.17) is 13.9 Å². The van der Waals surface area contributed by atoms with Gasteiger partial charge in [-0.25, -0.2) is 0 Å². The van der Waals surface area contributed by atoms with E-state index in [9.17, 15) is 9.59 Å². The van der Waals surface area contributed by atoms with Gasteiger partial charge in [-0.15, -0.1) is 0 Å². The molecule has 1 aliphatic rings. The molecule has 1 N–H and O–H groups in total. The summed E-state index contributed by atoms with van der Waals surface area (Å²) in [6.07, 6.45) is 2.82. The molecule has 0 saturated carbocycles. The fraction of sp³-hybridized carbons (Fsp3) is 0.300. The summed E-state index contributed by atoms with van der Waals surface area (Å²) >= 11 is 0. The zero-order valence-electron chi connectivity index (χ0n) is 15.6. The van der Waals surface area contributed by atoms with Crippen LogP contribution in [0.3, 0.4) is 0 Å². The average molecular weight is 368 g/mol. The minimum Gasteiger partial charge on any atom is -0.493 e. The van der Waals surface area contributed by atoms with Crippen LogP contribution in [-0.4, -0.2) is 44.1 Å². The molecule has 140 valence electrons. The van der Waals surface area contributed by atoms with Crippen LogP contribution in [0.2, 0.25) is 0 Å². The van der Waals surface area contributed by atoms with Crippen LogP contribution in [0.25, 0.3) is 22.2 Å². The van der Waals surface area contributed by atoms with Gasteiger partial charge in [0, 0.05) is 25.2 Å². The summed E-state index contributed by atoms with van der Waals surface area (Å²) in [5.74, 6) is 0.981. The van der Waals surface area contributed by atoms with Gasteiger partial charge in [0.25, 0.3) is 11.5 Å². The van der Waals surface area contributed by atoms with E-state index < -0.39 is 0 Å². The molecular weight excluding hydrogens is 348 g/mol. The SMILES string of the molecule is COc1cc2c(cc1OC)-c1[nH]c(=O)c3c(C(=O)N(C)C)coc3c1CC2. The molecule has 2 heterocycles. The van der Waals surface area contributed by atoms with Crippen molar-refractivity contribution in [2.45, 2.75) is 12.8 Å². The maximum Gasteiger partial charge on any atom is 0.260 e.